The molecule has 0 atom stereocenters. The largest absolute Gasteiger partial charge is 0.303 e. The fourth-order valence-electron chi connectivity index (χ4n) is 2.25. The summed E-state index contributed by atoms with van der Waals surface area (Å²) in [4.78, 5) is 0. The van der Waals surface area contributed by atoms with Crippen LogP contribution in [0.2, 0.25) is 0 Å². The van der Waals surface area contributed by atoms with Gasteiger partial charge in [-0.15, -0.1) is 0 Å². The van der Waals surface area contributed by atoms with Gasteiger partial charge in [0, 0.05) is 24.7 Å². The highest BCUT2D eigenvalue weighted by molar-refractivity contribution is 7.88. The number of sulfonamides is 1. The van der Waals surface area contributed by atoms with Gasteiger partial charge in [0.05, 0.1) is 12.8 Å². The van der Waals surface area contributed by atoms with Gasteiger partial charge in [-0.3, -0.25) is 0 Å². The smallest absolute Gasteiger partial charge is 0.211 e. The van der Waals surface area contributed by atoms with Crippen LogP contribution in [0, 0.1) is 11.8 Å². The minimum absolute atomic E-state index is 0.359. The van der Waals surface area contributed by atoms with Crippen LogP contribution in [0.3, 0.4) is 0 Å². The van der Waals surface area contributed by atoms with Crippen LogP contribution >= 0.6 is 0 Å². The maximum atomic E-state index is 11.4. The van der Waals surface area contributed by atoms with Crippen LogP contribution < -0.4 is 5.32 Å². The molecule has 0 spiro atoms. The fraction of sp³-hybridized carbons (Fsp3) is 0.467. The summed E-state index contributed by atoms with van der Waals surface area (Å²) in [5, 5.41) is 3.37. The van der Waals surface area contributed by atoms with Crippen molar-refractivity contribution in [3.05, 3.63) is 35.9 Å². The molecule has 0 bridgehead atoms. The number of piperidine rings is 1. The minimum atomic E-state index is -3.03. The zero-order chi connectivity index (χ0) is 14.4. The number of rotatable bonds is 3. The summed E-state index contributed by atoms with van der Waals surface area (Å²) >= 11 is 0. The molecule has 20 heavy (non-hydrogen) atoms. The van der Waals surface area contributed by atoms with Gasteiger partial charge in [0.15, 0.2) is 0 Å². The quantitative estimate of drug-likeness (QED) is 0.847. The van der Waals surface area contributed by atoms with E-state index in [1.807, 2.05) is 30.3 Å². The molecule has 0 aromatic heterocycles. The molecule has 0 saturated carbocycles. The molecule has 108 valence electrons. The van der Waals surface area contributed by atoms with E-state index < -0.39 is 10.0 Å². The van der Waals surface area contributed by atoms with Crippen molar-refractivity contribution in [2.45, 2.75) is 18.9 Å². The predicted molar refractivity (Wildman–Crippen MR) is 80.8 cm³/mol. The lowest BCUT2D eigenvalue weighted by Crippen LogP contribution is -2.44. The van der Waals surface area contributed by atoms with Gasteiger partial charge in [0.1, 0.15) is 0 Å². The monoisotopic (exact) mass is 292 g/mol. The Morgan fingerprint density at radius 1 is 1.25 bits per heavy atom. The molecule has 2 rings (SSSR count). The Morgan fingerprint density at radius 2 is 1.90 bits per heavy atom. The van der Waals surface area contributed by atoms with Gasteiger partial charge < -0.3 is 5.32 Å². The van der Waals surface area contributed by atoms with E-state index in [1.165, 1.54) is 6.26 Å². The maximum absolute atomic E-state index is 11.4. The Morgan fingerprint density at radius 3 is 2.50 bits per heavy atom. The standard InChI is InChI=1S/C15H20N2O2S/c1-20(18,19)17-12-9-15(10-13-17)16-11-5-8-14-6-3-2-4-7-14/h2-4,6-7,15-16H,9-13H2,1H3. The van der Waals surface area contributed by atoms with Crippen molar-refractivity contribution in [1.82, 2.24) is 9.62 Å². The molecule has 1 fully saturated rings. The Balaban J connectivity index is 1.73. The van der Waals surface area contributed by atoms with Crippen LogP contribution in [0.1, 0.15) is 18.4 Å². The van der Waals surface area contributed by atoms with Crippen molar-refractivity contribution < 1.29 is 8.42 Å². The predicted octanol–water partition coefficient (Wildman–Crippen LogP) is 1.05. The average molecular weight is 292 g/mol. The molecule has 4 nitrogen and oxygen atoms in total. The van der Waals surface area contributed by atoms with E-state index in [0.29, 0.717) is 25.7 Å². The fourth-order valence-corrected chi connectivity index (χ4v) is 3.13. The first-order chi connectivity index (χ1) is 9.55. The lowest BCUT2D eigenvalue weighted by atomic mass is 10.1. The second-order valence-electron chi connectivity index (χ2n) is 4.99. The summed E-state index contributed by atoms with van der Waals surface area (Å²) in [5.41, 5.74) is 1.01. The molecule has 1 aromatic rings. The molecule has 0 radical (unpaired) electrons. The number of nitrogens with zero attached hydrogens (tertiary/aromatic N) is 1. The summed E-state index contributed by atoms with van der Waals surface area (Å²) in [7, 11) is -3.03. The molecule has 0 unspecified atom stereocenters. The Hall–Kier alpha value is -1.35. The SMILES string of the molecule is CS(=O)(=O)N1CCC(NCC#Cc2ccccc2)CC1. The molecular formula is C15H20N2O2S. The van der Waals surface area contributed by atoms with E-state index in [1.54, 1.807) is 4.31 Å². The number of nitrogens with one attached hydrogen (secondary N) is 1. The molecule has 1 N–H and O–H groups in total. The van der Waals surface area contributed by atoms with E-state index in [0.717, 1.165) is 18.4 Å². The number of benzene rings is 1. The van der Waals surface area contributed by atoms with Crippen molar-refractivity contribution in [1.29, 1.82) is 0 Å². The van der Waals surface area contributed by atoms with Gasteiger partial charge in [-0.1, -0.05) is 30.0 Å². The molecule has 1 aromatic carbocycles. The third-order valence-corrected chi connectivity index (χ3v) is 4.71. The molecule has 1 heterocycles. The van der Waals surface area contributed by atoms with Crippen molar-refractivity contribution in [2.75, 3.05) is 25.9 Å². The molecule has 1 aliphatic rings. The summed E-state index contributed by atoms with van der Waals surface area (Å²) in [6.07, 6.45) is 2.96. The zero-order valence-electron chi connectivity index (χ0n) is 11.7. The van der Waals surface area contributed by atoms with E-state index in [-0.39, 0.29) is 0 Å². The first-order valence-electron chi connectivity index (χ1n) is 6.78. The normalized spacial score (nSPS) is 17.4. The highest BCUT2D eigenvalue weighted by Crippen LogP contribution is 2.12. The minimum Gasteiger partial charge on any atom is -0.303 e. The van der Waals surface area contributed by atoms with Crippen molar-refractivity contribution in [3.8, 4) is 11.8 Å². The summed E-state index contributed by atoms with van der Waals surface area (Å²) < 4.78 is 24.3. The Labute approximate surface area is 121 Å². The van der Waals surface area contributed by atoms with Crippen LogP contribution in [0.4, 0.5) is 0 Å². The first kappa shape index (κ1) is 15.0. The topological polar surface area (TPSA) is 49.4 Å². The lowest BCUT2D eigenvalue weighted by Gasteiger charge is -2.30. The summed E-state index contributed by atoms with van der Waals surface area (Å²) in [6, 6.07) is 10.2. The highest BCUT2D eigenvalue weighted by atomic mass is 32.2. The summed E-state index contributed by atoms with van der Waals surface area (Å²) in [5.74, 6) is 6.20. The van der Waals surface area contributed by atoms with Gasteiger partial charge in [0.2, 0.25) is 10.0 Å². The van der Waals surface area contributed by atoms with Crippen LogP contribution in [0.5, 0.6) is 0 Å². The van der Waals surface area contributed by atoms with E-state index in [2.05, 4.69) is 17.2 Å². The van der Waals surface area contributed by atoms with Crippen LogP contribution in [-0.4, -0.2) is 44.7 Å². The second kappa shape index (κ2) is 6.89. The van der Waals surface area contributed by atoms with Gasteiger partial charge in [-0.25, -0.2) is 12.7 Å². The Kier molecular flexibility index (Phi) is 5.18. The van der Waals surface area contributed by atoms with Gasteiger partial charge in [-0.05, 0) is 25.0 Å². The van der Waals surface area contributed by atoms with E-state index >= 15 is 0 Å². The third-order valence-electron chi connectivity index (χ3n) is 3.41. The summed E-state index contributed by atoms with van der Waals surface area (Å²) in [6.45, 7) is 1.84. The van der Waals surface area contributed by atoms with E-state index in [9.17, 15) is 8.42 Å². The van der Waals surface area contributed by atoms with Crippen molar-refractivity contribution in [3.63, 3.8) is 0 Å². The Bertz CT molecular complexity index is 579. The average Bonchev–Trinajstić information content (AvgIpc) is 2.44. The number of hydrogen-bond acceptors (Lipinski definition) is 3. The van der Waals surface area contributed by atoms with Gasteiger partial charge in [0.25, 0.3) is 0 Å². The van der Waals surface area contributed by atoms with Gasteiger partial charge >= 0.3 is 0 Å². The highest BCUT2D eigenvalue weighted by Gasteiger charge is 2.24. The molecule has 1 saturated heterocycles. The first-order valence-corrected chi connectivity index (χ1v) is 8.63. The number of hydrogen-bond donors (Lipinski definition) is 1. The molecular weight excluding hydrogens is 272 g/mol. The molecule has 1 aliphatic heterocycles. The van der Waals surface area contributed by atoms with E-state index in [4.69, 9.17) is 0 Å². The maximum Gasteiger partial charge on any atom is 0.211 e. The van der Waals surface area contributed by atoms with Crippen molar-refractivity contribution >= 4 is 10.0 Å². The zero-order valence-corrected chi connectivity index (χ0v) is 12.5. The second-order valence-corrected chi connectivity index (χ2v) is 6.97. The van der Waals surface area contributed by atoms with Crippen LogP contribution in [0.15, 0.2) is 30.3 Å². The van der Waals surface area contributed by atoms with Crippen LogP contribution in [0.25, 0.3) is 0 Å². The molecule has 0 amide bonds. The van der Waals surface area contributed by atoms with Gasteiger partial charge in [-0.2, -0.15) is 0 Å². The van der Waals surface area contributed by atoms with Crippen LogP contribution in [-0.2, 0) is 10.0 Å². The lowest BCUT2D eigenvalue weighted by molar-refractivity contribution is 0.296. The molecule has 0 aliphatic carbocycles. The molecule has 5 heteroatoms. The third kappa shape index (κ3) is 4.64. The van der Waals surface area contributed by atoms with Crippen molar-refractivity contribution in [2.24, 2.45) is 0 Å².